The Kier molecular flexibility index (Phi) is 6.01. The number of ether oxygens (including phenoxy) is 1. The third-order valence-electron chi connectivity index (χ3n) is 2.73. The molecular weight excluding hydrogens is 268 g/mol. The van der Waals surface area contributed by atoms with Crippen LogP contribution < -0.4 is 0 Å². The van der Waals surface area contributed by atoms with Crippen LogP contribution in [0.4, 0.5) is 0 Å². The van der Waals surface area contributed by atoms with Crippen molar-refractivity contribution < 1.29 is 19.7 Å². The fourth-order valence-electron chi connectivity index (χ4n) is 1.61. The van der Waals surface area contributed by atoms with E-state index in [2.05, 4.69) is 13.2 Å². The summed E-state index contributed by atoms with van der Waals surface area (Å²) in [5.41, 5.74) is 0.982. The van der Waals surface area contributed by atoms with Crippen molar-refractivity contribution >= 4 is 12.0 Å². The van der Waals surface area contributed by atoms with E-state index in [1.54, 1.807) is 37.5 Å². The maximum Gasteiger partial charge on any atom is 0.340 e. The second-order valence-electron chi connectivity index (χ2n) is 4.30. The highest BCUT2D eigenvalue weighted by molar-refractivity contribution is 5.95. The van der Waals surface area contributed by atoms with Crippen LogP contribution in [0.5, 0.6) is 5.75 Å². The maximum atomic E-state index is 11.1. The zero-order valence-electron chi connectivity index (χ0n) is 11.9. The van der Waals surface area contributed by atoms with E-state index in [-0.39, 0.29) is 11.3 Å². The summed E-state index contributed by atoms with van der Waals surface area (Å²) in [6, 6.07) is 4.54. The number of methoxy groups -OCH3 is 1. The number of hydrogen-bond donors (Lipinski definition) is 2. The topological polar surface area (TPSA) is 66.8 Å². The van der Waals surface area contributed by atoms with E-state index in [0.29, 0.717) is 23.3 Å². The molecule has 21 heavy (non-hydrogen) atoms. The first-order valence-corrected chi connectivity index (χ1v) is 6.26. The molecule has 0 amide bonds. The fourth-order valence-corrected chi connectivity index (χ4v) is 1.61. The van der Waals surface area contributed by atoms with Gasteiger partial charge < -0.3 is 14.9 Å². The average Bonchev–Trinajstić information content (AvgIpc) is 2.44. The van der Waals surface area contributed by atoms with Gasteiger partial charge in [0.15, 0.2) is 0 Å². The number of hydrogen-bond acceptors (Lipinski definition) is 3. The van der Waals surface area contributed by atoms with Gasteiger partial charge in [-0.1, -0.05) is 49.6 Å². The lowest BCUT2D eigenvalue weighted by molar-refractivity contribution is 0.0693. The van der Waals surface area contributed by atoms with Crippen LogP contribution in [0.3, 0.4) is 0 Å². The summed E-state index contributed by atoms with van der Waals surface area (Å²) in [6.45, 7) is 7.53. The van der Waals surface area contributed by atoms with E-state index >= 15 is 0 Å². The van der Waals surface area contributed by atoms with Crippen molar-refractivity contribution in [3.8, 4) is 5.75 Å². The Labute approximate surface area is 124 Å². The lowest BCUT2D eigenvalue weighted by atomic mass is 10.0. The summed E-state index contributed by atoms with van der Waals surface area (Å²) in [7, 11) is 1.56. The predicted molar refractivity (Wildman–Crippen MR) is 83.1 cm³/mol. The van der Waals surface area contributed by atoms with E-state index in [9.17, 15) is 9.90 Å². The molecule has 0 saturated carbocycles. The zero-order chi connectivity index (χ0) is 15.8. The summed E-state index contributed by atoms with van der Waals surface area (Å²) >= 11 is 0. The molecule has 2 N–H and O–H groups in total. The lowest BCUT2D eigenvalue weighted by Gasteiger charge is -2.03. The number of carbonyl (C=O) groups is 1. The Hall–Kier alpha value is -2.75. The molecule has 1 rings (SSSR count). The van der Waals surface area contributed by atoms with Gasteiger partial charge in [-0.05, 0) is 17.2 Å². The molecule has 0 unspecified atom stereocenters. The quantitative estimate of drug-likeness (QED) is 0.591. The first kappa shape index (κ1) is 16.3. The number of rotatable bonds is 7. The molecule has 4 nitrogen and oxygen atoms in total. The number of benzene rings is 1. The number of allylic oxidation sites excluding steroid dienone is 4. The molecule has 0 atom stereocenters. The standard InChI is InChI=1S/C17H18O4/c1-12(6-4-7-13(2)21-3)10-11-14-8-5-9-15(18)16(14)17(19)20/h4-6,8-11,18H,1-2,7H2,3H3,(H,19,20)/b6-4-,11-10+. The van der Waals surface area contributed by atoms with Gasteiger partial charge in [0.05, 0.1) is 12.9 Å². The van der Waals surface area contributed by atoms with Gasteiger partial charge in [0.2, 0.25) is 0 Å². The van der Waals surface area contributed by atoms with Crippen molar-refractivity contribution in [2.45, 2.75) is 6.42 Å². The van der Waals surface area contributed by atoms with Crippen molar-refractivity contribution in [1.82, 2.24) is 0 Å². The lowest BCUT2D eigenvalue weighted by Crippen LogP contribution is -1.99. The Balaban J connectivity index is 2.82. The molecule has 0 bridgehead atoms. The molecule has 0 aliphatic heterocycles. The average molecular weight is 286 g/mol. The van der Waals surface area contributed by atoms with Gasteiger partial charge in [0.1, 0.15) is 11.3 Å². The molecule has 0 aromatic heterocycles. The SMILES string of the molecule is C=C(/C=C\CC(=C)OC)/C=C/c1cccc(O)c1C(=O)O. The minimum atomic E-state index is -1.18. The highest BCUT2D eigenvalue weighted by atomic mass is 16.5. The minimum Gasteiger partial charge on any atom is -0.507 e. The van der Waals surface area contributed by atoms with Gasteiger partial charge in [-0.2, -0.15) is 0 Å². The molecule has 0 fully saturated rings. The Morgan fingerprint density at radius 3 is 2.67 bits per heavy atom. The number of aromatic carboxylic acids is 1. The van der Waals surface area contributed by atoms with Gasteiger partial charge in [-0.25, -0.2) is 4.79 Å². The van der Waals surface area contributed by atoms with Crippen molar-refractivity contribution in [2.75, 3.05) is 7.11 Å². The molecule has 4 heteroatoms. The van der Waals surface area contributed by atoms with Gasteiger partial charge in [-0.15, -0.1) is 0 Å². The fraction of sp³-hybridized carbons (Fsp3) is 0.118. The van der Waals surface area contributed by atoms with E-state index in [0.717, 1.165) is 0 Å². The molecule has 0 radical (unpaired) electrons. The smallest absolute Gasteiger partial charge is 0.340 e. The van der Waals surface area contributed by atoms with Crippen molar-refractivity contribution in [3.05, 3.63) is 72.0 Å². The highest BCUT2D eigenvalue weighted by Crippen LogP contribution is 2.22. The molecule has 0 spiro atoms. The monoisotopic (exact) mass is 286 g/mol. The van der Waals surface area contributed by atoms with Crippen LogP contribution >= 0.6 is 0 Å². The van der Waals surface area contributed by atoms with Gasteiger partial charge >= 0.3 is 5.97 Å². The van der Waals surface area contributed by atoms with Crippen LogP contribution in [-0.2, 0) is 4.74 Å². The molecule has 0 aliphatic rings. The van der Waals surface area contributed by atoms with Crippen molar-refractivity contribution in [2.24, 2.45) is 0 Å². The molecular formula is C17H18O4. The van der Waals surface area contributed by atoms with Gasteiger partial charge in [0, 0.05) is 6.42 Å². The zero-order valence-corrected chi connectivity index (χ0v) is 11.9. The number of carboxylic acid groups (broad SMARTS) is 1. The molecule has 1 aromatic carbocycles. The van der Waals surface area contributed by atoms with Gasteiger partial charge in [-0.3, -0.25) is 0 Å². The molecule has 0 saturated heterocycles. The van der Waals surface area contributed by atoms with E-state index in [4.69, 9.17) is 9.84 Å². The third kappa shape index (κ3) is 5.03. The predicted octanol–water partition coefficient (Wildman–Crippen LogP) is 3.77. The summed E-state index contributed by atoms with van der Waals surface area (Å²) in [4.78, 5) is 11.1. The van der Waals surface area contributed by atoms with Crippen LogP contribution in [0.2, 0.25) is 0 Å². The first-order chi connectivity index (χ1) is 9.95. The Morgan fingerprint density at radius 1 is 1.33 bits per heavy atom. The van der Waals surface area contributed by atoms with Crippen LogP contribution in [0.15, 0.2) is 60.9 Å². The second-order valence-corrected chi connectivity index (χ2v) is 4.30. The van der Waals surface area contributed by atoms with Crippen molar-refractivity contribution in [3.63, 3.8) is 0 Å². The summed E-state index contributed by atoms with van der Waals surface area (Å²) in [5, 5.41) is 18.7. The summed E-state index contributed by atoms with van der Waals surface area (Å²) in [6.07, 6.45) is 7.48. The highest BCUT2D eigenvalue weighted by Gasteiger charge is 2.12. The van der Waals surface area contributed by atoms with Crippen LogP contribution in [0.25, 0.3) is 6.08 Å². The number of phenols is 1. The second kappa shape index (κ2) is 7.75. The first-order valence-electron chi connectivity index (χ1n) is 6.26. The normalized spacial score (nSPS) is 10.9. The largest absolute Gasteiger partial charge is 0.507 e. The van der Waals surface area contributed by atoms with E-state index in [1.807, 2.05) is 6.08 Å². The van der Waals surface area contributed by atoms with E-state index < -0.39 is 5.97 Å². The summed E-state index contributed by atoms with van der Waals surface area (Å²) in [5.74, 6) is -0.795. The third-order valence-corrected chi connectivity index (χ3v) is 2.73. The molecule has 1 aromatic rings. The van der Waals surface area contributed by atoms with Crippen LogP contribution in [0, 0.1) is 0 Å². The minimum absolute atomic E-state index is 0.127. The van der Waals surface area contributed by atoms with Crippen LogP contribution in [0.1, 0.15) is 22.3 Å². The van der Waals surface area contributed by atoms with Crippen molar-refractivity contribution in [1.29, 1.82) is 0 Å². The maximum absolute atomic E-state index is 11.1. The molecule has 110 valence electrons. The number of aromatic hydroxyl groups is 1. The van der Waals surface area contributed by atoms with E-state index in [1.165, 1.54) is 6.07 Å². The summed E-state index contributed by atoms with van der Waals surface area (Å²) < 4.78 is 4.93. The number of carboxylic acids is 1. The Morgan fingerprint density at radius 2 is 2.05 bits per heavy atom. The van der Waals surface area contributed by atoms with Gasteiger partial charge in [0.25, 0.3) is 0 Å². The molecule has 0 heterocycles. The van der Waals surface area contributed by atoms with Crippen LogP contribution in [-0.4, -0.2) is 23.3 Å². The Bertz CT molecular complexity index is 609. The molecule has 0 aliphatic carbocycles.